The van der Waals surface area contributed by atoms with Crippen molar-refractivity contribution >= 4 is 11.5 Å². The molecule has 1 aliphatic carbocycles. The Morgan fingerprint density at radius 1 is 1.19 bits per heavy atom. The fraction of sp³-hybridized carbons (Fsp3) is 0.391. The summed E-state index contributed by atoms with van der Waals surface area (Å²) in [4.78, 5) is 20.2. The van der Waals surface area contributed by atoms with Crippen LogP contribution in [0.15, 0.2) is 33.9 Å². The van der Waals surface area contributed by atoms with Gasteiger partial charge < -0.3 is 14.1 Å². The Kier molecular flexibility index (Phi) is 3.94. The van der Waals surface area contributed by atoms with Crippen molar-refractivity contribution in [2.75, 3.05) is 11.4 Å². The van der Waals surface area contributed by atoms with Crippen LogP contribution in [0.4, 0.5) is 10.2 Å². The molecule has 2 aromatic heterocycles. The van der Waals surface area contributed by atoms with Crippen LogP contribution in [-0.4, -0.2) is 32.8 Å². The molecule has 4 heterocycles. The van der Waals surface area contributed by atoms with Crippen LogP contribution in [-0.2, 0) is 19.5 Å². The number of hydrogen-bond donors (Lipinski definition) is 0. The molecule has 0 amide bonds. The SMILES string of the molecule is Cc1nc2c(o1)CCN(c1cc(C3=NCc4cc(F)c(OC5(C)CC5)cc43)ncn1)C2. The molecule has 1 fully saturated rings. The van der Waals surface area contributed by atoms with Crippen LogP contribution in [0.1, 0.15) is 53.9 Å². The molecule has 0 atom stereocenters. The van der Waals surface area contributed by atoms with Gasteiger partial charge in [0.1, 0.15) is 29.2 Å². The zero-order chi connectivity index (χ0) is 21.2. The number of halogens is 1. The van der Waals surface area contributed by atoms with Crippen LogP contribution >= 0.6 is 0 Å². The topological polar surface area (TPSA) is 76.6 Å². The van der Waals surface area contributed by atoms with Crippen molar-refractivity contribution in [1.82, 2.24) is 15.0 Å². The molecule has 8 heteroatoms. The Morgan fingerprint density at radius 3 is 2.90 bits per heavy atom. The van der Waals surface area contributed by atoms with E-state index < -0.39 is 0 Å². The van der Waals surface area contributed by atoms with E-state index in [0.29, 0.717) is 19.0 Å². The van der Waals surface area contributed by atoms with Crippen LogP contribution in [0.2, 0.25) is 0 Å². The highest BCUT2D eigenvalue weighted by molar-refractivity contribution is 6.14. The first kappa shape index (κ1) is 18.5. The normalized spacial score (nSPS) is 18.4. The quantitative estimate of drug-likeness (QED) is 0.641. The molecule has 3 aliphatic rings. The number of hydrogen-bond acceptors (Lipinski definition) is 7. The molecular formula is C23H22FN5O2. The van der Waals surface area contributed by atoms with Gasteiger partial charge >= 0.3 is 0 Å². The molecule has 3 aromatic rings. The number of oxazole rings is 1. The zero-order valence-electron chi connectivity index (χ0n) is 17.5. The first-order valence-electron chi connectivity index (χ1n) is 10.6. The Labute approximate surface area is 179 Å². The number of aromatic nitrogens is 3. The lowest BCUT2D eigenvalue weighted by Gasteiger charge is -2.26. The van der Waals surface area contributed by atoms with Crippen molar-refractivity contribution in [3.05, 3.63) is 64.5 Å². The Balaban J connectivity index is 1.30. The first-order valence-corrected chi connectivity index (χ1v) is 10.6. The molecule has 1 aromatic carbocycles. The van der Waals surface area contributed by atoms with Crippen molar-refractivity contribution in [2.24, 2.45) is 4.99 Å². The van der Waals surface area contributed by atoms with Crippen molar-refractivity contribution in [2.45, 2.75) is 51.8 Å². The predicted octanol–water partition coefficient (Wildman–Crippen LogP) is 3.76. The van der Waals surface area contributed by atoms with E-state index in [1.807, 2.05) is 19.9 Å². The molecule has 158 valence electrons. The minimum atomic E-state index is -0.335. The van der Waals surface area contributed by atoms with Crippen molar-refractivity contribution < 1.29 is 13.5 Å². The van der Waals surface area contributed by atoms with Crippen LogP contribution in [0.25, 0.3) is 0 Å². The number of aliphatic imine (C=N–C) groups is 1. The van der Waals surface area contributed by atoms with Gasteiger partial charge in [0.15, 0.2) is 17.5 Å². The number of benzene rings is 1. The van der Waals surface area contributed by atoms with Gasteiger partial charge in [0.25, 0.3) is 0 Å². The molecule has 0 radical (unpaired) electrons. The molecule has 0 saturated heterocycles. The summed E-state index contributed by atoms with van der Waals surface area (Å²) in [5, 5.41) is 0. The number of nitrogens with zero attached hydrogens (tertiary/aromatic N) is 5. The monoisotopic (exact) mass is 419 g/mol. The third kappa shape index (κ3) is 3.26. The van der Waals surface area contributed by atoms with E-state index in [1.165, 1.54) is 6.07 Å². The molecule has 0 N–H and O–H groups in total. The van der Waals surface area contributed by atoms with Gasteiger partial charge in [-0.25, -0.2) is 19.3 Å². The highest BCUT2D eigenvalue weighted by Crippen LogP contribution is 2.41. The molecule has 7 nitrogen and oxygen atoms in total. The van der Waals surface area contributed by atoms with Crippen molar-refractivity contribution in [1.29, 1.82) is 0 Å². The van der Waals surface area contributed by atoms with E-state index in [9.17, 15) is 4.39 Å². The molecular weight excluding hydrogens is 397 g/mol. The summed E-state index contributed by atoms with van der Waals surface area (Å²) in [6.45, 7) is 5.75. The van der Waals surface area contributed by atoms with Gasteiger partial charge in [-0.15, -0.1) is 0 Å². The fourth-order valence-electron chi connectivity index (χ4n) is 4.21. The van der Waals surface area contributed by atoms with Gasteiger partial charge in [-0.05, 0) is 37.5 Å². The Bertz CT molecular complexity index is 1230. The highest BCUT2D eigenvalue weighted by Gasteiger charge is 2.41. The van der Waals surface area contributed by atoms with Crippen molar-refractivity contribution in [3.8, 4) is 5.75 Å². The van der Waals surface area contributed by atoms with Gasteiger partial charge in [0.2, 0.25) is 0 Å². The zero-order valence-corrected chi connectivity index (χ0v) is 17.5. The summed E-state index contributed by atoms with van der Waals surface area (Å²) < 4.78 is 26.1. The number of fused-ring (bicyclic) bond motifs is 2. The lowest BCUT2D eigenvalue weighted by Crippen LogP contribution is -2.31. The second-order valence-corrected chi connectivity index (χ2v) is 8.69. The summed E-state index contributed by atoms with van der Waals surface area (Å²) >= 11 is 0. The van der Waals surface area contributed by atoms with E-state index in [4.69, 9.17) is 9.15 Å². The average molecular weight is 419 g/mol. The van der Waals surface area contributed by atoms with Gasteiger partial charge in [0.05, 0.1) is 24.5 Å². The van der Waals surface area contributed by atoms with Crippen LogP contribution in [0.5, 0.6) is 5.75 Å². The van der Waals surface area contributed by atoms with Gasteiger partial charge in [-0.2, -0.15) is 0 Å². The molecule has 6 rings (SSSR count). The first-order chi connectivity index (χ1) is 15.0. The third-order valence-electron chi connectivity index (χ3n) is 6.18. The van der Waals surface area contributed by atoms with E-state index in [0.717, 1.165) is 65.6 Å². The highest BCUT2D eigenvalue weighted by atomic mass is 19.1. The summed E-state index contributed by atoms with van der Waals surface area (Å²) in [5.41, 5.74) is 3.90. The van der Waals surface area contributed by atoms with E-state index in [2.05, 4.69) is 24.8 Å². The van der Waals surface area contributed by atoms with Crippen LogP contribution in [0, 0.1) is 12.7 Å². The lowest BCUT2D eigenvalue weighted by molar-refractivity contribution is 0.191. The summed E-state index contributed by atoms with van der Waals surface area (Å²) in [6.07, 6.45) is 4.24. The van der Waals surface area contributed by atoms with Crippen LogP contribution in [0.3, 0.4) is 0 Å². The molecule has 31 heavy (non-hydrogen) atoms. The molecule has 0 spiro atoms. The summed E-state index contributed by atoms with van der Waals surface area (Å²) in [7, 11) is 0. The number of rotatable bonds is 4. The van der Waals surface area contributed by atoms with Gasteiger partial charge in [-0.3, -0.25) is 4.99 Å². The van der Waals surface area contributed by atoms with Gasteiger partial charge in [0, 0.05) is 31.5 Å². The van der Waals surface area contributed by atoms with E-state index >= 15 is 0 Å². The minimum absolute atomic E-state index is 0.250. The maximum absolute atomic E-state index is 14.5. The Morgan fingerprint density at radius 2 is 2.06 bits per heavy atom. The smallest absolute Gasteiger partial charge is 0.191 e. The maximum Gasteiger partial charge on any atom is 0.191 e. The van der Waals surface area contributed by atoms with E-state index in [1.54, 1.807) is 12.4 Å². The molecule has 2 aliphatic heterocycles. The second kappa shape index (κ2) is 6.60. The standard InChI is InChI=1S/C23H22FN5O2/c1-13-28-18-11-29(6-3-19(18)30-13)21-9-17(26-12-27-21)22-15-8-20(31-23(2)4-5-23)16(24)7-14(15)10-25-22/h7-9,12H,3-6,10-11H2,1-2H3. The number of ether oxygens (including phenoxy) is 1. The van der Waals surface area contributed by atoms with E-state index in [-0.39, 0.29) is 17.2 Å². The predicted molar refractivity (Wildman–Crippen MR) is 112 cm³/mol. The average Bonchev–Trinajstić information content (AvgIpc) is 3.17. The second-order valence-electron chi connectivity index (χ2n) is 8.69. The van der Waals surface area contributed by atoms with Gasteiger partial charge in [-0.1, -0.05) is 0 Å². The number of aryl methyl sites for hydroxylation is 1. The third-order valence-corrected chi connectivity index (χ3v) is 6.18. The maximum atomic E-state index is 14.5. The largest absolute Gasteiger partial charge is 0.484 e. The molecule has 0 bridgehead atoms. The Hall–Kier alpha value is -3.29. The lowest BCUT2D eigenvalue weighted by atomic mass is 10.0. The summed E-state index contributed by atoms with van der Waals surface area (Å²) in [5.74, 6) is 2.41. The molecule has 0 unspecified atom stereocenters. The van der Waals surface area contributed by atoms with Crippen LogP contribution < -0.4 is 9.64 Å². The van der Waals surface area contributed by atoms with Crippen molar-refractivity contribution in [3.63, 3.8) is 0 Å². The summed E-state index contributed by atoms with van der Waals surface area (Å²) in [6, 6.07) is 5.25. The fourth-order valence-corrected chi connectivity index (χ4v) is 4.21. The minimum Gasteiger partial charge on any atom is -0.484 e. The molecule has 1 saturated carbocycles. The number of anilines is 1.